The number of thiazole rings is 1. The number of hydrogen-bond acceptors (Lipinski definition) is 4. The van der Waals surface area contributed by atoms with Crippen LogP contribution in [0.4, 0.5) is 0 Å². The molecule has 0 amide bonds. The van der Waals surface area contributed by atoms with Gasteiger partial charge in [0.2, 0.25) is 0 Å². The first-order valence-corrected chi connectivity index (χ1v) is 6.37. The first-order valence-electron chi connectivity index (χ1n) is 5.49. The Labute approximate surface area is 109 Å². The molecule has 0 N–H and O–H groups in total. The molecule has 0 atom stereocenters. The molecule has 0 aliphatic heterocycles. The summed E-state index contributed by atoms with van der Waals surface area (Å²) in [6.45, 7) is 2.76. The number of rotatable bonds is 4. The molecule has 1 aromatic carbocycles. The third-order valence-corrected chi connectivity index (χ3v) is 3.44. The average molecular weight is 260 g/mol. The third-order valence-electron chi connectivity index (χ3n) is 2.56. The molecule has 0 radical (unpaired) electrons. The zero-order valence-electron chi connectivity index (χ0n) is 9.92. The van der Waals surface area contributed by atoms with Crippen molar-refractivity contribution in [2.45, 2.75) is 13.5 Å². The molecule has 0 aliphatic rings. The largest absolute Gasteiger partial charge is 0.490 e. The van der Waals surface area contributed by atoms with E-state index in [1.807, 2.05) is 18.4 Å². The fraction of sp³-hybridized carbons (Fsp3) is 0.231. The molecule has 0 bridgehead atoms. The van der Waals surface area contributed by atoms with Crippen molar-refractivity contribution in [1.82, 2.24) is 4.57 Å². The van der Waals surface area contributed by atoms with Crippen molar-refractivity contribution in [1.29, 1.82) is 5.26 Å². The lowest BCUT2D eigenvalue weighted by Gasteiger charge is -2.08. The van der Waals surface area contributed by atoms with Crippen LogP contribution in [0.3, 0.4) is 0 Å². The molecule has 0 spiro atoms. The maximum Gasteiger partial charge on any atom is 0.307 e. The van der Waals surface area contributed by atoms with Crippen LogP contribution in [-0.2, 0) is 6.54 Å². The third kappa shape index (κ3) is 2.60. The monoisotopic (exact) mass is 260 g/mol. The van der Waals surface area contributed by atoms with Gasteiger partial charge >= 0.3 is 4.87 Å². The van der Waals surface area contributed by atoms with Crippen LogP contribution in [0.15, 0.2) is 34.4 Å². The quantitative estimate of drug-likeness (QED) is 0.846. The lowest BCUT2D eigenvalue weighted by Crippen LogP contribution is -2.19. The van der Waals surface area contributed by atoms with Gasteiger partial charge in [0, 0.05) is 11.1 Å². The van der Waals surface area contributed by atoms with Crippen molar-refractivity contribution in [2.24, 2.45) is 0 Å². The van der Waals surface area contributed by atoms with Crippen LogP contribution in [0.25, 0.3) is 0 Å². The maximum atomic E-state index is 11.5. The molecule has 2 aromatic rings. The van der Waals surface area contributed by atoms with E-state index in [0.29, 0.717) is 24.5 Å². The van der Waals surface area contributed by atoms with Gasteiger partial charge in [0.15, 0.2) is 0 Å². The van der Waals surface area contributed by atoms with Crippen LogP contribution in [0.2, 0.25) is 0 Å². The molecular formula is C13H12N2O2S. The molecule has 0 saturated carbocycles. The van der Waals surface area contributed by atoms with Crippen LogP contribution in [0.5, 0.6) is 5.75 Å². The first-order chi connectivity index (χ1) is 8.72. The topological polar surface area (TPSA) is 55.0 Å². The van der Waals surface area contributed by atoms with Gasteiger partial charge < -0.3 is 4.74 Å². The molecule has 0 saturated heterocycles. The number of ether oxygens (including phenoxy) is 1. The van der Waals surface area contributed by atoms with E-state index in [-0.39, 0.29) is 4.87 Å². The fourth-order valence-electron chi connectivity index (χ4n) is 1.61. The number of nitriles is 1. The summed E-state index contributed by atoms with van der Waals surface area (Å²) in [6, 6.07) is 9.14. The Bertz CT molecular complexity index is 637. The molecule has 0 unspecified atom stereocenters. The number of aromatic nitrogens is 1. The van der Waals surface area contributed by atoms with Crippen molar-refractivity contribution < 1.29 is 4.74 Å². The van der Waals surface area contributed by atoms with Gasteiger partial charge in [0.1, 0.15) is 18.4 Å². The second-order valence-corrected chi connectivity index (χ2v) is 4.57. The predicted octanol–water partition coefficient (Wildman–Crippen LogP) is 2.17. The van der Waals surface area contributed by atoms with Gasteiger partial charge in [-0.15, -0.1) is 0 Å². The fourth-order valence-corrected chi connectivity index (χ4v) is 2.37. The molecule has 1 heterocycles. The first kappa shape index (κ1) is 12.4. The molecule has 92 valence electrons. The van der Waals surface area contributed by atoms with Gasteiger partial charge in [-0.25, -0.2) is 0 Å². The predicted molar refractivity (Wildman–Crippen MR) is 70.0 cm³/mol. The van der Waals surface area contributed by atoms with Crippen LogP contribution in [-0.4, -0.2) is 11.2 Å². The zero-order chi connectivity index (χ0) is 13.0. The minimum absolute atomic E-state index is 0.0182. The molecule has 0 aliphatic carbocycles. The van der Waals surface area contributed by atoms with Crippen molar-refractivity contribution in [3.05, 3.63) is 50.6 Å². The summed E-state index contributed by atoms with van der Waals surface area (Å²) >= 11 is 1.18. The lowest BCUT2D eigenvalue weighted by molar-refractivity contribution is 0.295. The molecule has 4 nitrogen and oxygen atoms in total. The summed E-state index contributed by atoms with van der Waals surface area (Å²) in [7, 11) is 0. The highest BCUT2D eigenvalue weighted by Crippen LogP contribution is 2.16. The minimum atomic E-state index is 0.0182. The number of nitrogens with zero attached hydrogens (tertiary/aromatic N) is 2. The van der Waals surface area contributed by atoms with E-state index in [4.69, 9.17) is 10.00 Å². The highest BCUT2D eigenvalue weighted by molar-refractivity contribution is 7.07. The Kier molecular flexibility index (Phi) is 3.80. The molecule has 5 heteroatoms. The Morgan fingerprint density at radius 3 is 2.89 bits per heavy atom. The summed E-state index contributed by atoms with van der Waals surface area (Å²) < 4.78 is 7.20. The van der Waals surface area contributed by atoms with Gasteiger partial charge in [-0.1, -0.05) is 23.5 Å². The maximum absolute atomic E-state index is 11.5. The summed E-state index contributed by atoms with van der Waals surface area (Å²) in [5.41, 5.74) is 1.44. The van der Waals surface area contributed by atoms with Crippen molar-refractivity contribution in [2.75, 3.05) is 6.61 Å². The Hall–Kier alpha value is -2.06. The van der Waals surface area contributed by atoms with Gasteiger partial charge in [-0.3, -0.25) is 9.36 Å². The summed E-state index contributed by atoms with van der Waals surface area (Å²) in [5.74, 6) is 0.556. The van der Waals surface area contributed by atoms with Crippen LogP contribution < -0.4 is 9.61 Å². The van der Waals surface area contributed by atoms with E-state index in [1.165, 1.54) is 11.3 Å². The molecular weight excluding hydrogens is 248 g/mol. The van der Waals surface area contributed by atoms with E-state index in [0.717, 1.165) is 5.69 Å². The Morgan fingerprint density at radius 2 is 2.22 bits per heavy atom. The van der Waals surface area contributed by atoms with Crippen molar-refractivity contribution >= 4 is 11.3 Å². The summed E-state index contributed by atoms with van der Waals surface area (Å²) in [6.07, 6.45) is 0. The standard InChI is InChI=1S/C13H12N2O2S/c1-10-9-18-13(16)15(10)6-7-17-12-5-3-2-4-11(12)8-14/h2-5,9H,6-7H2,1H3. The van der Waals surface area contributed by atoms with E-state index in [9.17, 15) is 4.79 Å². The van der Waals surface area contributed by atoms with Gasteiger partial charge in [0.05, 0.1) is 12.1 Å². The van der Waals surface area contributed by atoms with Gasteiger partial charge in [-0.05, 0) is 19.1 Å². The molecule has 1 aromatic heterocycles. The number of aryl methyl sites for hydroxylation is 1. The van der Waals surface area contributed by atoms with Crippen LogP contribution >= 0.6 is 11.3 Å². The second-order valence-electron chi connectivity index (χ2n) is 3.75. The SMILES string of the molecule is Cc1csc(=O)n1CCOc1ccccc1C#N. The average Bonchev–Trinajstić information content (AvgIpc) is 2.71. The van der Waals surface area contributed by atoms with Gasteiger partial charge in [0.25, 0.3) is 0 Å². The highest BCUT2D eigenvalue weighted by Gasteiger charge is 2.04. The molecule has 18 heavy (non-hydrogen) atoms. The van der Waals surface area contributed by atoms with Gasteiger partial charge in [-0.2, -0.15) is 5.26 Å². The van der Waals surface area contributed by atoms with Crippen LogP contribution in [0, 0.1) is 18.3 Å². The molecule has 0 fully saturated rings. The van der Waals surface area contributed by atoms with Crippen LogP contribution in [0.1, 0.15) is 11.3 Å². The second kappa shape index (κ2) is 5.52. The normalized spacial score (nSPS) is 10.0. The van der Waals surface area contributed by atoms with E-state index < -0.39 is 0 Å². The van der Waals surface area contributed by atoms with Crippen molar-refractivity contribution in [3.8, 4) is 11.8 Å². The number of para-hydroxylation sites is 1. The van der Waals surface area contributed by atoms with E-state index in [1.54, 1.807) is 22.8 Å². The zero-order valence-corrected chi connectivity index (χ0v) is 10.7. The van der Waals surface area contributed by atoms with E-state index in [2.05, 4.69) is 6.07 Å². The molecule has 2 rings (SSSR count). The highest BCUT2D eigenvalue weighted by atomic mass is 32.1. The summed E-state index contributed by atoms with van der Waals surface area (Å²) in [4.78, 5) is 11.5. The summed E-state index contributed by atoms with van der Waals surface area (Å²) in [5, 5.41) is 10.7. The number of benzene rings is 1. The van der Waals surface area contributed by atoms with Crippen molar-refractivity contribution in [3.63, 3.8) is 0 Å². The smallest absolute Gasteiger partial charge is 0.307 e. The number of hydrogen-bond donors (Lipinski definition) is 0. The van der Waals surface area contributed by atoms with E-state index >= 15 is 0 Å². The lowest BCUT2D eigenvalue weighted by atomic mass is 10.2. The Morgan fingerprint density at radius 1 is 1.44 bits per heavy atom. The Balaban J connectivity index is 2.01. The minimum Gasteiger partial charge on any atom is -0.490 e.